The Hall–Kier alpha value is -1.60. The van der Waals surface area contributed by atoms with E-state index in [1.807, 2.05) is 44.2 Å². The number of rotatable bonds is 6. The van der Waals surface area contributed by atoms with E-state index in [0.717, 1.165) is 20.6 Å². The third-order valence-corrected chi connectivity index (χ3v) is 3.94. The predicted molar refractivity (Wildman–Crippen MR) is 100 cm³/mol. The molecule has 0 bridgehead atoms. The van der Waals surface area contributed by atoms with E-state index in [2.05, 4.69) is 27.9 Å². The third-order valence-electron chi connectivity index (χ3n) is 3.22. The molecule has 1 N–H and O–H groups in total. The van der Waals surface area contributed by atoms with Crippen molar-refractivity contribution in [3.8, 4) is 5.75 Å². The second-order valence-electron chi connectivity index (χ2n) is 5.35. The Balaban J connectivity index is 2.16. The van der Waals surface area contributed by atoms with Gasteiger partial charge in [0.15, 0.2) is 0 Å². The fourth-order valence-corrected chi connectivity index (χ4v) is 2.39. The first-order valence-corrected chi connectivity index (χ1v) is 8.43. The van der Waals surface area contributed by atoms with Gasteiger partial charge in [0.2, 0.25) is 0 Å². The largest absolute Gasteiger partial charge is 0.496 e. The van der Waals surface area contributed by atoms with Crippen molar-refractivity contribution in [1.29, 1.82) is 0 Å². The van der Waals surface area contributed by atoms with Crippen LogP contribution in [-0.2, 0) is 11.3 Å². The van der Waals surface area contributed by atoms with E-state index in [1.54, 1.807) is 19.2 Å². The predicted octanol–water partition coefficient (Wildman–Crippen LogP) is 4.48. The van der Waals surface area contributed by atoms with Crippen LogP contribution in [0.25, 0.3) is 0 Å². The van der Waals surface area contributed by atoms with Gasteiger partial charge in [0.25, 0.3) is 5.91 Å². The van der Waals surface area contributed by atoms with Gasteiger partial charge in [-0.1, -0.05) is 0 Å². The highest BCUT2D eigenvalue weighted by atomic mass is 127. The highest BCUT2D eigenvalue weighted by Crippen LogP contribution is 2.22. The van der Waals surface area contributed by atoms with Crippen LogP contribution < -0.4 is 10.1 Å². The van der Waals surface area contributed by atoms with Gasteiger partial charge in [-0.3, -0.25) is 4.79 Å². The van der Waals surface area contributed by atoms with E-state index >= 15 is 0 Å². The molecule has 122 valence electrons. The number of carbonyl (C=O) groups is 1. The fraction of sp³-hybridized carbons (Fsp3) is 0.278. The molecule has 0 fully saturated rings. The zero-order chi connectivity index (χ0) is 16.8. The zero-order valence-electron chi connectivity index (χ0n) is 13.4. The number of amides is 1. The topological polar surface area (TPSA) is 47.6 Å². The Morgan fingerprint density at radius 2 is 1.87 bits per heavy atom. The number of nitrogens with one attached hydrogen (secondary N) is 1. The molecule has 23 heavy (non-hydrogen) atoms. The van der Waals surface area contributed by atoms with Crippen LogP contribution in [0.15, 0.2) is 42.5 Å². The van der Waals surface area contributed by atoms with Gasteiger partial charge in [0.1, 0.15) is 5.75 Å². The summed E-state index contributed by atoms with van der Waals surface area (Å²) >= 11 is 2.23. The molecule has 0 radical (unpaired) electrons. The first-order chi connectivity index (χ1) is 11.0. The summed E-state index contributed by atoms with van der Waals surface area (Å²) in [5.74, 6) is 0.566. The lowest BCUT2D eigenvalue weighted by Gasteiger charge is -2.13. The molecule has 1 amide bonds. The van der Waals surface area contributed by atoms with Crippen LogP contribution in [0, 0.1) is 3.57 Å². The number of ether oxygens (including phenoxy) is 2. The maximum Gasteiger partial charge on any atom is 0.255 e. The minimum atomic E-state index is -0.153. The summed E-state index contributed by atoms with van der Waals surface area (Å²) in [5, 5.41) is 2.89. The van der Waals surface area contributed by atoms with Crippen LogP contribution in [0.5, 0.6) is 5.75 Å². The SMILES string of the molecule is COc1ccc(C(=O)Nc2ccc(I)cc2)cc1COC(C)C. The Kier molecular flexibility index (Phi) is 6.41. The van der Waals surface area contributed by atoms with E-state index in [1.165, 1.54) is 0 Å². The summed E-state index contributed by atoms with van der Waals surface area (Å²) in [6, 6.07) is 13.0. The molecule has 0 aromatic heterocycles. The lowest BCUT2D eigenvalue weighted by atomic mass is 10.1. The number of methoxy groups -OCH3 is 1. The van der Waals surface area contributed by atoms with Crippen molar-refractivity contribution in [3.05, 3.63) is 57.2 Å². The Morgan fingerprint density at radius 1 is 1.17 bits per heavy atom. The molecular formula is C18H20INO3. The lowest BCUT2D eigenvalue weighted by molar-refractivity contribution is 0.0644. The van der Waals surface area contributed by atoms with Gasteiger partial charge >= 0.3 is 0 Å². The van der Waals surface area contributed by atoms with Crippen molar-refractivity contribution >= 4 is 34.2 Å². The van der Waals surface area contributed by atoms with Gasteiger partial charge in [-0.2, -0.15) is 0 Å². The molecule has 0 saturated carbocycles. The van der Waals surface area contributed by atoms with Gasteiger partial charge in [-0.05, 0) is 78.9 Å². The minimum Gasteiger partial charge on any atom is -0.496 e. The molecule has 4 nitrogen and oxygen atoms in total. The van der Waals surface area contributed by atoms with E-state index in [4.69, 9.17) is 9.47 Å². The standard InChI is InChI=1S/C18H20INO3/c1-12(2)23-11-14-10-13(4-9-17(14)22-3)18(21)20-16-7-5-15(19)6-8-16/h4-10,12H,11H2,1-3H3,(H,20,21). The van der Waals surface area contributed by atoms with Crippen LogP contribution in [-0.4, -0.2) is 19.1 Å². The first kappa shape index (κ1) is 17.7. The van der Waals surface area contributed by atoms with Gasteiger partial charge in [0.05, 0.1) is 19.8 Å². The summed E-state index contributed by atoms with van der Waals surface area (Å²) in [7, 11) is 1.61. The fourth-order valence-electron chi connectivity index (χ4n) is 2.03. The molecule has 2 aromatic rings. The monoisotopic (exact) mass is 425 g/mol. The minimum absolute atomic E-state index is 0.115. The second kappa shape index (κ2) is 8.31. The Bertz CT molecular complexity index is 668. The number of carbonyl (C=O) groups excluding carboxylic acids is 1. The van der Waals surface area contributed by atoms with Crippen molar-refractivity contribution in [1.82, 2.24) is 0 Å². The summed E-state index contributed by atoms with van der Waals surface area (Å²) in [4.78, 5) is 12.4. The quantitative estimate of drug-likeness (QED) is 0.695. The molecular weight excluding hydrogens is 405 g/mol. The first-order valence-electron chi connectivity index (χ1n) is 7.35. The van der Waals surface area contributed by atoms with Crippen molar-refractivity contribution in [2.45, 2.75) is 26.6 Å². The number of anilines is 1. The smallest absolute Gasteiger partial charge is 0.255 e. The van der Waals surface area contributed by atoms with Crippen molar-refractivity contribution in [3.63, 3.8) is 0 Å². The number of benzene rings is 2. The van der Waals surface area contributed by atoms with Crippen molar-refractivity contribution in [2.75, 3.05) is 12.4 Å². The van der Waals surface area contributed by atoms with Gasteiger partial charge in [-0.15, -0.1) is 0 Å². The lowest BCUT2D eigenvalue weighted by Crippen LogP contribution is -2.13. The normalized spacial score (nSPS) is 10.7. The van der Waals surface area contributed by atoms with Crippen LogP contribution in [0.1, 0.15) is 29.8 Å². The van der Waals surface area contributed by atoms with Gasteiger partial charge in [-0.25, -0.2) is 0 Å². The maximum atomic E-state index is 12.4. The summed E-state index contributed by atoms with van der Waals surface area (Å²) in [6.07, 6.45) is 0.115. The molecule has 0 spiro atoms. The van der Waals surface area contributed by atoms with Crippen molar-refractivity contribution in [2.24, 2.45) is 0 Å². The maximum absolute atomic E-state index is 12.4. The highest BCUT2D eigenvalue weighted by Gasteiger charge is 2.11. The van der Waals surface area contributed by atoms with Crippen LogP contribution in [0.3, 0.4) is 0 Å². The molecule has 0 aliphatic rings. The van der Waals surface area contributed by atoms with Gasteiger partial charge < -0.3 is 14.8 Å². The molecule has 2 aromatic carbocycles. The molecule has 0 atom stereocenters. The molecule has 5 heteroatoms. The van der Waals surface area contributed by atoms with E-state index < -0.39 is 0 Å². The Labute approximate surface area is 150 Å². The molecule has 2 rings (SSSR count). The highest BCUT2D eigenvalue weighted by molar-refractivity contribution is 14.1. The third kappa shape index (κ3) is 5.21. The number of halogens is 1. The zero-order valence-corrected chi connectivity index (χ0v) is 15.6. The number of hydrogen-bond acceptors (Lipinski definition) is 3. The van der Waals surface area contributed by atoms with Crippen LogP contribution in [0.4, 0.5) is 5.69 Å². The molecule has 0 heterocycles. The molecule has 0 unspecified atom stereocenters. The van der Waals surface area contributed by atoms with E-state index in [0.29, 0.717) is 12.2 Å². The molecule has 0 saturated heterocycles. The van der Waals surface area contributed by atoms with Crippen LogP contribution in [0.2, 0.25) is 0 Å². The van der Waals surface area contributed by atoms with Crippen LogP contribution >= 0.6 is 22.6 Å². The molecule has 0 aliphatic carbocycles. The Morgan fingerprint density at radius 3 is 2.48 bits per heavy atom. The molecule has 0 aliphatic heterocycles. The average molecular weight is 425 g/mol. The van der Waals surface area contributed by atoms with Gasteiger partial charge in [0, 0.05) is 20.4 Å². The average Bonchev–Trinajstić information content (AvgIpc) is 2.54. The summed E-state index contributed by atoms with van der Waals surface area (Å²) in [6.45, 7) is 4.35. The van der Waals surface area contributed by atoms with E-state index in [9.17, 15) is 4.79 Å². The summed E-state index contributed by atoms with van der Waals surface area (Å²) in [5.41, 5.74) is 2.20. The summed E-state index contributed by atoms with van der Waals surface area (Å²) < 4.78 is 12.1. The van der Waals surface area contributed by atoms with Crippen molar-refractivity contribution < 1.29 is 14.3 Å². The van der Waals surface area contributed by atoms with E-state index in [-0.39, 0.29) is 12.0 Å². The number of hydrogen-bond donors (Lipinski definition) is 1. The second-order valence-corrected chi connectivity index (χ2v) is 6.59.